The summed E-state index contributed by atoms with van der Waals surface area (Å²) in [5.74, 6) is 0.800. The number of rotatable bonds is 3. The van der Waals surface area contributed by atoms with Crippen LogP contribution in [0.2, 0.25) is 0 Å². The van der Waals surface area contributed by atoms with Crippen LogP contribution in [-0.4, -0.2) is 4.98 Å². The van der Waals surface area contributed by atoms with Crippen LogP contribution in [0, 0.1) is 5.92 Å². The third kappa shape index (κ3) is 2.18. The van der Waals surface area contributed by atoms with Crippen LogP contribution in [0.1, 0.15) is 30.9 Å². The van der Waals surface area contributed by atoms with Crippen LogP contribution in [0.5, 0.6) is 0 Å². The van der Waals surface area contributed by atoms with Gasteiger partial charge in [0.05, 0.1) is 0 Å². The van der Waals surface area contributed by atoms with Gasteiger partial charge in [0.1, 0.15) is 0 Å². The van der Waals surface area contributed by atoms with E-state index in [1.54, 1.807) is 12.3 Å². The number of hydrogen-bond donors (Lipinski definition) is 2. The fourth-order valence-corrected chi connectivity index (χ4v) is 1.54. The molecule has 3 heteroatoms. The zero-order chi connectivity index (χ0) is 9.26. The maximum absolute atomic E-state index is 11.0. The third-order valence-corrected chi connectivity index (χ3v) is 2.51. The Labute approximate surface area is 77.0 Å². The second-order valence-corrected chi connectivity index (χ2v) is 3.77. The number of aromatic amines is 1. The van der Waals surface area contributed by atoms with E-state index >= 15 is 0 Å². The molecule has 1 fully saturated rings. The van der Waals surface area contributed by atoms with Crippen molar-refractivity contribution in [3.05, 3.63) is 34.2 Å². The summed E-state index contributed by atoms with van der Waals surface area (Å²) in [5.41, 5.74) is 6.84. The fourth-order valence-electron chi connectivity index (χ4n) is 1.54. The Morgan fingerprint density at radius 2 is 2.38 bits per heavy atom. The van der Waals surface area contributed by atoms with E-state index in [9.17, 15) is 4.79 Å². The molecule has 2 rings (SSSR count). The van der Waals surface area contributed by atoms with Gasteiger partial charge in [0, 0.05) is 18.3 Å². The van der Waals surface area contributed by atoms with Crippen molar-refractivity contribution >= 4 is 0 Å². The molecule has 0 amide bonds. The number of nitrogens with one attached hydrogen (secondary N) is 1. The molecule has 3 nitrogen and oxygen atoms in total. The van der Waals surface area contributed by atoms with E-state index in [-0.39, 0.29) is 11.6 Å². The third-order valence-electron chi connectivity index (χ3n) is 2.51. The number of hydrogen-bond acceptors (Lipinski definition) is 2. The summed E-state index contributed by atoms with van der Waals surface area (Å²) < 4.78 is 0. The molecule has 1 aliphatic rings. The zero-order valence-electron chi connectivity index (χ0n) is 7.49. The van der Waals surface area contributed by atoms with Crippen molar-refractivity contribution in [3.8, 4) is 0 Å². The van der Waals surface area contributed by atoms with Crippen molar-refractivity contribution in [1.29, 1.82) is 0 Å². The van der Waals surface area contributed by atoms with E-state index in [1.165, 1.54) is 12.8 Å². The highest BCUT2D eigenvalue weighted by Gasteiger charge is 2.24. The summed E-state index contributed by atoms with van der Waals surface area (Å²) in [5, 5.41) is 0. The van der Waals surface area contributed by atoms with Gasteiger partial charge in [-0.2, -0.15) is 0 Å². The van der Waals surface area contributed by atoms with Gasteiger partial charge < -0.3 is 10.7 Å². The number of nitrogens with two attached hydrogens (primary N) is 1. The second-order valence-electron chi connectivity index (χ2n) is 3.77. The van der Waals surface area contributed by atoms with Crippen molar-refractivity contribution in [3.63, 3.8) is 0 Å². The molecule has 1 aromatic rings. The first kappa shape index (κ1) is 8.51. The highest BCUT2D eigenvalue weighted by molar-refractivity contribution is 5.14. The largest absolute Gasteiger partial charge is 0.329 e. The molecule has 70 valence electrons. The Morgan fingerprint density at radius 3 is 3.00 bits per heavy atom. The molecule has 0 aromatic carbocycles. The van der Waals surface area contributed by atoms with Crippen LogP contribution in [0.3, 0.4) is 0 Å². The molecule has 3 N–H and O–H groups in total. The molecule has 1 aromatic heterocycles. The molecule has 1 saturated carbocycles. The quantitative estimate of drug-likeness (QED) is 0.730. The average molecular weight is 178 g/mol. The summed E-state index contributed by atoms with van der Waals surface area (Å²) in [6.07, 6.45) is 5.28. The minimum absolute atomic E-state index is 0.0369. The second kappa shape index (κ2) is 3.34. The summed E-state index contributed by atoms with van der Waals surface area (Å²) in [6, 6.07) is 3.51. The molecule has 1 aliphatic carbocycles. The van der Waals surface area contributed by atoms with Crippen LogP contribution in [0.25, 0.3) is 0 Å². The van der Waals surface area contributed by atoms with E-state index in [1.807, 2.05) is 6.07 Å². The van der Waals surface area contributed by atoms with Gasteiger partial charge in [-0.05, 0) is 24.0 Å². The smallest absolute Gasteiger partial charge is 0.248 e. The lowest BCUT2D eigenvalue weighted by Gasteiger charge is -2.09. The lowest BCUT2D eigenvalue weighted by atomic mass is 10.0. The maximum Gasteiger partial charge on any atom is 0.248 e. The van der Waals surface area contributed by atoms with Crippen LogP contribution in [-0.2, 0) is 0 Å². The van der Waals surface area contributed by atoms with Crippen LogP contribution < -0.4 is 11.3 Å². The highest BCUT2D eigenvalue weighted by atomic mass is 16.1. The number of H-pyrrole nitrogens is 1. The molecule has 0 radical (unpaired) electrons. The maximum atomic E-state index is 11.0. The van der Waals surface area contributed by atoms with E-state index in [4.69, 9.17) is 5.73 Å². The Kier molecular flexibility index (Phi) is 2.19. The zero-order valence-corrected chi connectivity index (χ0v) is 7.49. The van der Waals surface area contributed by atoms with Crippen molar-refractivity contribution in [2.45, 2.75) is 25.3 Å². The Balaban J connectivity index is 2.09. The monoisotopic (exact) mass is 178 g/mol. The molecule has 1 atom stereocenters. The van der Waals surface area contributed by atoms with Gasteiger partial charge >= 0.3 is 0 Å². The lowest BCUT2D eigenvalue weighted by Crippen LogP contribution is -2.14. The molecule has 0 bridgehead atoms. The predicted octanol–water partition coefficient (Wildman–Crippen LogP) is 1.17. The molecule has 1 heterocycles. The topological polar surface area (TPSA) is 58.9 Å². The SMILES string of the molecule is N[C@@H](CC1CC1)c1cc[nH]c(=O)c1. The minimum atomic E-state index is -0.0660. The van der Waals surface area contributed by atoms with Gasteiger partial charge in [-0.15, -0.1) is 0 Å². The van der Waals surface area contributed by atoms with Crippen molar-refractivity contribution in [2.75, 3.05) is 0 Å². The predicted molar refractivity (Wildman–Crippen MR) is 51.3 cm³/mol. The summed E-state index contributed by atoms with van der Waals surface area (Å²) in [6.45, 7) is 0. The average Bonchev–Trinajstić information content (AvgIpc) is 2.88. The molecule has 0 unspecified atom stereocenters. The lowest BCUT2D eigenvalue weighted by molar-refractivity contribution is 0.596. The van der Waals surface area contributed by atoms with E-state index in [0.29, 0.717) is 0 Å². The normalized spacial score (nSPS) is 18.5. The molecular weight excluding hydrogens is 164 g/mol. The van der Waals surface area contributed by atoms with Gasteiger partial charge in [-0.1, -0.05) is 12.8 Å². The molecule has 13 heavy (non-hydrogen) atoms. The van der Waals surface area contributed by atoms with Crippen LogP contribution >= 0.6 is 0 Å². The van der Waals surface area contributed by atoms with Crippen LogP contribution in [0.4, 0.5) is 0 Å². The molecule has 0 saturated heterocycles. The standard InChI is InChI=1S/C10H14N2O/c11-9(5-7-1-2-7)8-3-4-12-10(13)6-8/h3-4,6-7,9H,1-2,5,11H2,(H,12,13)/t9-/m0/s1. The summed E-state index contributed by atoms with van der Waals surface area (Å²) in [7, 11) is 0. The summed E-state index contributed by atoms with van der Waals surface area (Å²) >= 11 is 0. The first-order chi connectivity index (χ1) is 6.25. The van der Waals surface area contributed by atoms with Gasteiger partial charge in [-0.25, -0.2) is 0 Å². The summed E-state index contributed by atoms with van der Waals surface area (Å²) in [4.78, 5) is 13.6. The number of aromatic nitrogens is 1. The molecular formula is C10H14N2O. The van der Waals surface area contributed by atoms with Crippen molar-refractivity contribution in [2.24, 2.45) is 11.7 Å². The fraction of sp³-hybridized carbons (Fsp3) is 0.500. The van der Waals surface area contributed by atoms with E-state index < -0.39 is 0 Å². The Morgan fingerprint density at radius 1 is 1.62 bits per heavy atom. The van der Waals surface area contributed by atoms with Crippen molar-refractivity contribution < 1.29 is 0 Å². The minimum Gasteiger partial charge on any atom is -0.329 e. The number of pyridine rings is 1. The molecule has 0 spiro atoms. The van der Waals surface area contributed by atoms with Gasteiger partial charge in [0.15, 0.2) is 0 Å². The highest BCUT2D eigenvalue weighted by Crippen LogP contribution is 2.36. The van der Waals surface area contributed by atoms with Gasteiger partial charge in [-0.3, -0.25) is 4.79 Å². The first-order valence-electron chi connectivity index (χ1n) is 4.70. The van der Waals surface area contributed by atoms with E-state index in [0.717, 1.165) is 17.9 Å². The molecule has 0 aliphatic heterocycles. The van der Waals surface area contributed by atoms with Crippen molar-refractivity contribution in [1.82, 2.24) is 4.98 Å². The van der Waals surface area contributed by atoms with E-state index in [2.05, 4.69) is 4.98 Å². The van der Waals surface area contributed by atoms with Gasteiger partial charge in [0.25, 0.3) is 0 Å². The Bertz CT molecular complexity index is 341. The van der Waals surface area contributed by atoms with Gasteiger partial charge in [0.2, 0.25) is 5.56 Å². The first-order valence-corrected chi connectivity index (χ1v) is 4.70. The Hall–Kier alpha value is -1.09. The van der Waals surface area contributed by atoms with Crippen LogP contribution in [0.15, 0.2) is 23.1 Å².